The fourth-order valence-electron chi connectivity index (χ4n) is 1.90. The zero-order valence-electron chi connectivity index (χ0n) is 9.07. The van der Waals surface area contributed by atoms with E-state index in [1.807, 2.05) is 4.90 Å². The van der Waals surface area contributed by atoms with Gasteiger partial charge in [0.05, 0.1) is 6.61 Å². The molecule has 1 atom stereocenters. The maximum absolute atomic E-state index is 11.1. The number of aliphatic hydroxyl groups is 1. The first-order valence-electron chi connectivity index (χ1n) is 5.29. The van der Waals surface area contributed by atoms with Gasteiger partial charge in [0.15, 0.2) is 0 Å². The molecule has 1 amide bonds. The van der Waals surface area contributed by atoms with Gasteiger partial charge in [0.2, 0.25) is 5.91 Å². The van der Waals surface area contributed by atoms with Crippen LogP contribution in [0.15, 0.2) is 0 Å². The number of hydrogen-bond donors (Lipinski definition) is 1. The Hall–Kier alpha value is -0.610. The smallest absolute Gasteiger partial charge is 0.219 e. The number of piperazine rings is 1. The highest BCUT2D eigenvalue weighted by Gasteiger charge is 2.22. The first kappa shape index (κ1) is 11.5. The highest BCUT2D eigenvalue weighted by atomic mass is 16.3. The third kappa shape index (κ3) is 2.69. The summed E-state index contributed by atoms with van der Waals surface area (Å²) in [4.78, 5) is 15.2. The lowest BCUT2D eigenvalue weighted by Crippen LogP contribution is -2.52. The molecule has 0 spiro atoms. The first-order valence-corrected chi connectivity index (χ1v) is 5.29. The van der Waals surface area contributed by atoms with Gasteiger partial charge in [-0.05, 0) is 6.42 Å². The van der Waals surface area contributed by atoms with Crippen molar-refractivity contribution in [2.75, 3.05) is 32.8 Å². The summed E-state index contributed by atoms with van der Waals surface area (Å²) in [5, 5.41) is 9.13. The summed E-state index contributed by atoms with van der Waals surface area (Å²) >= 11 is 0. The Balaban J connectivity index is 2.38. The van der Waals surface area contributed by atoms with E-state index >= 15 is 0 Å². The summed E-state index contributed by atoms with van der Waals surface area (Å²) in [6.07, 6.45) is 0.969. The molecule has 1 saturated heterocycles. The number of hydrogen-bond acceptors (Lipinski definition) is 3. The van der Waals surface area contributed by atoms with Gasteiger partial charge >= 0.3 is 0 Å². The van der Waals surface area contributed by atoms with Gasteiger partial charge in [-0.1, -0.05) is 6.92 Å². The molecule has 0 saturated carbocycles. The zero-order chi connectivity index (χ0) is 10.6. The predicted molar refractivity (Wildman–Crippen MR) is 55.0 cm³/mol. The number of nitrogens with zero attached hydrogens (tertiary/aromatic N) is 2. The van der Waals surface area contributed by atoms with Gasteiger partial charge in [0, 0.05) is 39.1 Å². The van der Waals surface area contributed by atoms with Crippen molar-refractivity contribution in [1.29, 1.82) is 0 Å². The monoisotopic (exact) mass is 200 g/mol. The van der Waals surface area contributed by atoms with Gasteiger partial charge in [-0.3, -0.25) is 9.69 Å². The number of amides is 1. The van der Waals surface area contributed by atoms with E-state index < -0.39 is 0 Å². The second kappa shape index (κ2) is 5.32. The van der Waals surface area contributed by atoms with E-state index in [-0.39, 0.29) is 18.6 Å². The molecule has 1 rings (SSSR count). The van der Waals surface area contributed by atoms with Crippen LogP contribution in [0.5, 0.6) is 0 Å². The Morgan fingerprint density at radius 1 is 1.36 bits per heavy atom. The highest BCUT2D eigenvalue weighted by molar-refractivity contribution is 5.73. The number of aliphatic hydroxyl groups excluding tert-OH is 1. The van der Waals surface area contributed by atoms with E-state index in [4.69, 9.17) is 5.11 Å². The van der Waals surface area contributed by atoms with E-state index in [2.05, 4.69) is 11.8 Å². The Morgan fingerprint density at radius 2 is 1.93 bits per heavy atom. The third-order valence-electron chi connectivity index (χ3n) is 2.96. The lowest BCUT2D eigenvalue weighted by molar-refractivity contribution is -0.131. The van der Waals surface area contributed by atoms with Crippen molar-refractivity contribution >= 4 is 5.91 Å². The highest BCUT2D eigenvalue weighted by Crippen LogP contribution is 2.08. The van der Waals surface area contributed by atoms with E-state index in [1.54, 1.807) is 6.92 Å². The van der Waals surface area contributed by atoms with Gasteiger partial charge in [0.1, 0.15) is 0 Å². The molecule has 14 heavy (non-hydrogen) atoms. The van der Waals surface area contributed by atoms with Crippen LogP contribution in [0.1, 0.15) is 20.3 Å². The second-order valence-electron chi connectivity index (χ2n) is 3.79. The summed E-state index contributed by atoms with van der Waals surface area (Å²) in [7, 11) is 0. The molecule has 0 aromatic rings. The molecule has 0 bridgehead atoms. The van der Waals surface area contributed by atoms with Crippen molar-refractivity contribution in [2.45, 2.75) is 26.3 Å². The summed E-state index contributed by atoms with van der Waals surface area (Å²) in [6, 6.07) is 0.268. The van der Waals surface area contributed by atoms with Crippen LogP contribution in [-0.2, 0) is 4.79 Å². The summed E-state index contributed by atoms with van der Waals surface area (Å²) < 4.78 is 0. The molecule has 82 valence electrons. The molecule has 0 aliphatic carbocycles. The SMILES string of the molecule is CCC(CO)N1CCN(C(C)=O)CC1. The molecule has 4 heteroatoms. The largest absolute Gasteiger partial charge is 0.395 e. The van der Waals surface area contributed by atoms with Crippen molar-refractivity contribution in [1.82, 2.24) is 9.80 Å². The zero-order valence-corrected chi connectivity index (χ0v) is 9.07. The second-order valence-corrected chi connectivity index (χ2v) is 3.79. The Labute approximate surface area is 85.5 Å². The lowest BCUT2D eigenvalue weighted by Gasteiger charge is -2.38. The number of carbonyl (C=O) groups excluding carboxylic acids is 1. The normalized spacial score (nSPS) is 20.9. The average Bonchev–Trinajstić information content (AvgIpc) is 2.20. The fraction of sp³-hybridized carbons (Fsp3) is 0.900. The van der Waals surface area contributed by atoms with Crippen molar-refractivity contribution < 1.29 is 9.90 Å². The molecule has 1 unspecified atom stereocenters. The summed E-state index contributed by atoms with van der Waals surface area (Å²) in [5.74, 6) is 0.154. The Morgan fingerprint density at radius 3 is 2.29 bits per heavy atom. The maximum Gasteiger partial charge on any atom is 0.219 e. The van der Waals surface area contributed by atoms with Crippen molar-refractivity contribution in [3.8, 4) is 0 Å². The van der Waals surface area contributed by atoms with Crippen molar-refractivity contribution in [2.24, 2.45) is 0 Å². The van der Waals surface area contributed by atoms with Gasteiger partial charge in [-0.2, -0.15) is 0 Å². The molecular weight excluding hydrogens is 180 g/mol. The van der Waals surface area contributed by atoms with Crippen LogP contribution in [0.2, 0.25) is 0 Å². The molecule has 1 N–H and O–H groups in total. The molecule has 0 aromatic heterocycles. The minimum absolute atomic E-state index is 0.154. The predicted octanol–water partition coefficient (Wildman–Crippen LogP) is -0.0786. The van der Waals surface area contributed by atoms with Crippen LogP contribution in [-0.4, -0.2) is 59.6 Å². The van der Waals surface area contributed by atoms with Crippen LogP contribution in [0.3, 0.4) is 0 Å². The molecule has 1 heterocycles. The van der Waals surface area contributed by atoms with E-state index in [0.717, 1.165) is 32.6 Å². The number of carbonyl (C=O) groups is 1. The molecule has 1 aliphatic rings. The van der Waals surface area contributed by atoms with E-state index in [1.165, 1.54) is 0 Å². The van der Waals surface area contributed by atoms with E-state index in [0.29, 0.717) is 0 Å². The minimum atomic E-state index is 0.154. The van der Waals surface area contributed by atoms with Crippen LogP contribution in [0.4, 0.5) is 0 Å². The molecule has 1 aliphatic heterocycles. The molecule has 0 radical (unpaired) electrons. The quantitative estimate of drug-likeness (QED) is 0.693. The lowest BCUT2D eigenvalue weighted by atomic mass is 10.1. The standard InChI is InChI=1S/C10H20N2O2/c1-3-10(8-13)12-6-4-11(5-7-12)9(2)14/h10,13H,3-8H2,1-2H3. The fourth-order valence-corrected chi connectivity index (χ4v) is 1.90. The van der Waals surface area contributed by atoms with Crippen molar-refractivity contribution in [3.05, 3.63) is 0 Å². The van der Waals surface area contributed by atoms with Gasteiger partial charge in [-0.25, -0.2) is 0 Å². The molecule has 1 fully saturated rings. The Bertz CT molecular complexity index is 185. The van der Waals surface area contributed by atoms with Crippen molar-refractivity contribution in [3.63, 3.8) is 0 Å². The summed E-state index contributed by atoms with van der Waals surface area (Å²) in [6.45, 7) is 7.28. The molecular formula is C10H20N2O2. The van der Waals surface area contributed by atoms with Gasteiger partial charge < -0.3 is 10.0 Å². The van der Waals surface area contributed by atoms with Crippen LogP contribution < -0.4 is 0 Å². The topological polar surface area (TPSA) is 43.8 Å². The van der Waals surface area contributed by atoms with Gasteiger partial charge in [-0.15, -0.1) is 0 Å². The van der Waals surface area contributed by atoms with Crippen LogP contribution in [0.25, 0.3) is 0 Å². The molecule has 4 nitrogen and oxygen atoms in total. The summed E-state index contributed by atoms with van der Waals surface area (Å²) in [5.41, 5.74) is 0. The molecule has 0 aromatic carbocycles. The minimum Gasteiger partial charge on any atom is -0.395 e. The first-order chi connectivity index (χ1) is 6.69. The van der Waals surface area contributed by atoms with E-state index in [9.17, 15) is 4.79 Å². The maximum atomic E-state index is 11.1. The van der Waals surface area contributed by atoms with Gasteiger partial charge in [0.25, 0.3) is 0 Å². The Kier molecular flexibility index (Phi) is 4.35. The average molecular weight is 200 g/mol. The van der Waals surface area contributed by atoms with Crippen LogP contribution >= 0.6 is 0 Å². The third-order valence-corrected chi connectivity index (χ3v) is 2.96. The number of rotatable bonds is 3. The van der Waals surface area contributed by atoms with Crippen LogP contribution in [0, 0.1) is 0 Å².